The number of rotatable bonds is 2. The van der Waals surface area contributed by atoms with Crippen molar-refractivity contribution in [2.75, 3.05) is 6.54 Å². The Morgan fingerprint density at radius 1 is 1.43 bits per heavy atom. The maximum Gasteiger partial charge on any atom is 0.0669 e. The largest absolute Gasteiger partial charge is 0.310 e. The van der Waals surface area contributed by atoms with Gasteiger partial charge in [0.2, 0.25) is 0 Å². The van der Waals surface area contributed by atoms with E-state index in [-0.39, 0.29) is 0 Å². The molecule has 2 rings (SSSR count). The lowest BCUT2D eigenvalue weighted by Gasteiger charge is -2.13. The minimum atomic E-state index is 0.472. The van der Waals surface area contributed by atoms with Crippen LogP contribution in [0, 0.1) is 11.3 Å². The monoisotopic (exact) mass is 186 g/mol. The summed E-state index contributed by atoms with van der Waals surface area (Å²) < 4.78 is 0. The van der Waals surface area contributed by atoms with Gasteiger partial charge in [0.25, 0.3) is 0 Å². The highest BCUT2D eigenvalue weighted by Crippen LogP contribution is 2.25. The molecule has 1 aliphatic rings. The van der Waals surface area contributed by atoms with E-state index in [1.165, 1.54) is 24.0 Å². The molecule has 0 aliphatic carbocycles. The van der Waals surface area contributed by atoms with Crippen LogP contribution in [-0.2, 0) is 6.42 Å². The van der Waals surface area contributed by atoms with Gasteiger partial charge < -0.3 is 5.32 Å². The molecule has 1 atom stereocenters. The third-order valence-corrected chi connectivity index (χ3v) is 2.76. The lowest BCUT2D eigenvalue weighted by atomic mass is 9.97. The fourth-order valence-corrected chi connectivity index (χ4v) is 2.07. The Balaban J connectivity index is 2.26. The fraction of sp³-hybridized carbons (Fsp3) is 0.417. The zero-order valence-corrected chi connectivity index (χ0v) is 8.16. The smallest absolute Gasteiger partial charge is 0.0669 e. The predicted octanol–water partition coefficient (Wildman–Crippen LogP) is 2.18. The first-order valence-corrected chi connectivity index (χ1v) is 5.10. The van der Waals surface area contributed by atoms with Crippen LogP contribution in [-0.4, -0.2) is 6.54 Å². The van der Waals surface area contributed by atoms with Crippen molar-refractivity contribution in [3.63, 3.8) is 0 Å². The summed E-state index contributed by atoms with van der Waals surface area (Å²) in [6.07, 6.45) is 2.96. The molecule has 0 spiro atoms. The maximum absolute atomic E-state index is 8.72. The Bertz CT molecular complexity index is 346. The quantitative estimate of drug-likeness (QED) is 0.768. The SMILES string of the molecule is N#CCc1ccccc1[C@@H]1CCCN1. The van der Waals surface area contributed by atoms with E-state index in [1.807, 2.05) is 6.07 Å². The highest BCUT2D eigenvalue weighted by atomic mass is 14.9. The van der Waals surface area contributed by atoms with Crippen LogP contribution in [0.3, 0.4) is 0 Å². The zero-order valence-electron chi connectivity index (χ0n) is 8.16. The normalized spacial score (nSPS) is 20.6. The van der Waals surface area contributed by atoms with E-state index in [2.05, 4.69) is 29.6 Å². The number of nitriles is 1. The van der Waals surface area contributed by atoms with Gasteiger partial charge in [-0.15, -0.1) is 0 Å². The fourth-order valence-electron chi connectivity index (χ4n) is 2.07. The molecular formula is C12H14N2. The van der Waals surface area contributed by atoms with Crippen LogP contribution in [0.2, 0.25) is 0 Å². The molecule has 0 radical (unpaired) electrons. The van der Waals surface area contributed by atoms with Crippen LogP contribution in [0.25, 0.3) is 0 Å². The van der Waals surface area contributed by atoms with E-state index in [4.69, 9.17) is 5.26 Å². The molecule has 2 nitrogen and oxygen atoms in total. The molecule has 0 aromatic heterocycles. The van der Waals surface area contributed by atoms with Gasteiger partial charge in [-0.05, 0) is 30.5 Å². The first-order valence-electron chi connectivity index (χ1n) is 5.10. The molecule has 1 aliphatic heterocycles. The van der Waals surface area contributed by atoms with Crippen molar-refractivity contribution in [2.24, 2.45) is 0 Å². The first-order chi connectivity index (χ1) is 6.92. The minimum Gasteiger partial charge on any atom is -0.310 e. The van der Waals surface area contributed by atoms with Crippen molar-refractivity contribution >= 4 is 0 Å². The topological polar surface area (TPSA) is 35.8 Å². The average Bonchev–Trinajstić information content (AvgIpc) is 2.72. The van der Waals surface area contributed by atoms with Crippen molar-refractivity contribution in [1.82, 2.24) is 5.32 Å². The summed E-state index contributed by atoms with van der Waals surface area (Å²) in [5.41, 5.74) is 2.49. The Labute approximate surface area is 84.6 Å². The Morgan fingerprint density at radius 3 is 3.00 bits per heavy atom. The second-order valence-corrected chi connectivity index (χ2v) is 3.68. The second kappa shape index (κ2) is 4.26. The van der Waals surface area contributed by atoms with Gasteiger partial charge in [-0.25, -0.2) is 0 Å². The van der Waals surface area contributed by atoms with Crippen LogP contribution in [0.1, 0.15) is 30.0 Å². The van der Waals surface area contributed by atoms with Gasteiger partial charge in [0.15, 0.2) is 0 Å². The molecule has 0 saturated carbocycles. The number of nitrogens with one attached hydrogen (secondary N) is 1. The lowest BCUT2D eigenvalue weighted by Crippen LogP contribution is -2.14. The molecule has 0 unspecified atom stereocenters. The summed E-state index contributed by atoms with van der Waals surface area (Å²) >= 11 is 0. The Morgan fingerprint density at radius 2 is 2.29 bits per heavy atom. The second-order valence-electron chi connectivity index (χ2n) is 3.68. The highest BCUT2D eigenvalue weighted by molar-refractivity contribution is 5.32. The van der Waals surface area contributed by atoms with Gasteiger partial charge in [-0.1, -0.05) is 24.3 Å². The van der Waals surface area contributed by atoms with E-state index < -0.39 is 0 Å². The summed E-state index contributed by atoms with van der Waals surface area (Å²) in [5, 5.41) is 12.2. The molecule has 72 valence electrons. The third kappa shape index (κ3) is 1.78. The summed E-state index contributed by atoms with van der Waals surface area (Å²) in [5.74, 6) is 0. The van der Waals surface area contributed by atoms with E-state index in [1.54, 1.807) is 0 Å². The molecule has 1 fully saturated rings. The van der Waals surface area contributed by atoms with Crippen LogP contribution in [0.4, 0.5) is 0 Å². The van der Waals surface area contributed by atoms with Gasteiger partial charge in [-0.3, -0.25) is 0 Å². The number of hydrogen-bond donors (Lipinski definition) is 1. The van der Waals surface area contributed by atoms with Gasteiger partial charge in [0, 0.05) is 6.04 Å². The molecule has 0 amide bonds. The molecule has 1 aromatic rings. The third-order valence-electron chi connectivity index (χ3n) is 2.76. The van der Waals surface area contributed by atoms with Crippen molar-refractivity contribution in [3.8, 4) is 6.07 Å². The van der Waals surface area contributed by atoms with Gasteiger partial charge in [0.05, 0.1) is 12.5 Å². The Kier molecular flexibility index (Phi) is 2.81. The molecule has 1 N–H and O–H groups in total. The highest BCUT2D eigenvalue weighted by Gasteiger charge is 2.18. The van der Waals surface area contributed by atoms with Crippen LogP contribution >= 0.6 is 0 Å². The Hall–Kier alpha value is -1.33. The van der Waals surface area contributed by atoms with E-state index in [0.29, 0.717) is 12.5 Å². The number of benzene rings is 1. The standard InChI is InChI=1S/C12H14N2/c13-8-7-10-4-1-2-5-11(10)12-6-3-9-14-12/h1-2,4-5,12,14H,3,6-7,9H2/t12-/m0/s1. The molecule has 2 heteroatoms. The maximum atomic E-state index is 8.72. The van der Waals surface area contributed by atoms with Crippen molar-refractivity contribution in [1.29, 1.82) is 5.26 Å². The average molecular weight is 186 g/mol. The van der Waals surface area contributed by atoms with E-state index in [0.717, 1.165) is 6.54 Å². The van der Waals surface area contributed by atoms with Crippen LogP contribution < -0.4 is 5.32 Å². The zero-order chi connectivity index (χ0) is 9.80. The van der Waals surface area contributed by atoms with Gasteiger partial charge >= 0.3 is 0 Å². The van der Waals surface area contributed by atoms with Crippen molar-refractivity contribution < 1.29 is 0 Å². The minimum absolute atomic E-state index is 0.472. The van der Waals surface area contributed by atoms with Crippen LogP contribution in [0.5, 0.6) is 0 Å². The molecule has 14 heavy (non-hydrogen) atoms. The van der Waals surface area contributed by atoms with E-state index >= 15 is 0 Å². The molecule has 0 bridgehead atoms. The van der Waals surface area contributed by atoms with E-state index in [9.17, 15) is 0 Å². The summed E-state index contributed by atoms with van der Waals surface area (Å²) in [6.45, 7) is 1.10. The summed E-state index contributed by atoms with van der Waals surface area (Å²) in [7, 11) is 0. The number of hydrogen-bond acceptors (Lipinski definition) is 2. The first kappa shape index (κ1) is 9.23. The molecule has 1 aromatic carbocycles. The van der Waals surface area contributed by atoms with Gasteiger partial charge in [0.1, 0.15) is 0 Å². The van der Waals surface area contributed by atoms with Crippen LogP contribution in [0.15, 0.2) is 24.3 Å². The predicted molar refractivity (Wildman–Crippen MR) is 55.7 cm³/mol. The molecular weight excluding hydrogens is 172 g/mol. The summed E-state index contributed by atoms with van der Waals surface area (Å²) in [6, 6.07) is 10.9. The summed E-state index contributed by atoms with van der Waals surface area (Å²) in [4.78, 5) is 0. The molecule has 1 saturated heterocycles. The molecule has 1 heterocycles. The lowest BCUT2D eigenvalue weighted by molar-refractivity contribution is 0.642. The van der Waals surface area contributed by atoms with Crippen molar-refractivity contribution in [3.05, 3.63) is 35.4 Å². The number of nitrogens with zero attached hydrogens (tertiary/aromatic N) is 1. The van der Waals surface area contributed by atoms with Crippen molar-refractivity contribution in [2.45, 2.75) is 25.3 Å². The van der Waals surface area contributed by atoms with Gasteiger partial charge in [-0.2, -0.15) is 5.26 Å².